The van der Waals surface area contributed by atoms with Crippen LogP contribution < -0.4 is 4.90 Å². The van der Waals surface area contributed by atoms with Crippen LogP contribution in [0.4, 0.5) is 5.13 Å². The molecule has 1 atom stereocenters. The summed E-state index contributed by atoms with van der Waals surface area (Å²) in [4.78, 5) is 23.9. The maximum atomic E-state index is 12.8. The van der Waals surface area contributed by atoms with E-state index in [-0.39, 0.29) is 6.04 Å². The van der Waals surface area contributed by atoms with Gasteiger partial charge in [0, 0.05) is 50.8 Å². The maximum Gasteiger partial charge on any atom is 0.239 e. The zero-order valence-electron chi connectivity index (χ0n) is 14.3. The Morgan fingerprint density at radius 3 is 2.57 bits per heavy atom. The third-order valence-electron chi connectivity index (χ3n) is 5.38. The van der Waals surface area contributed by atoms with Crippen LogP contribution in [0.3, 0.4) is 0 Å². The second-order valence-corrected chi connectivity index (χ2v) is 7.63. The van der Waals surface area contributed by atoms with E-state index in [1.165, 1.54) is 32.1 Å². The summed E-state index contributed by atoms with van der Waals surface area (Å²) in [6.07, 6.45) is 8.07. The van der Waals surface area contributed by atoms with Gasteiger partial charge in [-0.05, 0) is 19.8 Å². The molecule has 23 heavy (non-hydrogen) atoms. The van der Waals surface area contributed by atoms with Crippen molar-refractivity contribution >= 4 is 22.4 Å². The lowest BCUT2D eigenvalue weighted by molar-refractivity contribution is -0.138. The average Bonchev–Trinajstić information content (AvgIpc) is 3.15. The lowest BCUT2D eigenvalue weighted by atomic mass is 9.94. The number of likely N-dealkylation sites (N-methyl/N-ethyl adjacent to an activating group) is 1. The zero-order valence-corrected chi connectivity index (χ0v) is 15.1. The fourth-order valence-corrected chi connectivity index (χ4v) is 4.47. The van der Waals surface area contributed by atoms with E-state index in [0.717, 1.165) is 31.3 Å². The maximum absolute atomic E-state index is 12.8. The van der Waals surface area contributed by atoms with Crippen molar-refractivity contribution in [2.45, 2.75) is 51.1 Å². The van der Waals surface area contributed by atoms with E-state index < -0.39 is 0 Å². The summed E-state index contributed by atoms with van der Waals surface area (Å²) in [5.74, 6) is 0.291. The first-order chi connectivity index (χ1) is 11.2. The summed E-state index contributed by atoms with van der Waals surface area (Å²) < 4.78 is 0. The number of hydrogen-bond donors (Lipinski definition) is 0. The molecule has 0 aromatic carbocycles. The van der Waals surface area contributed by atoms with Crippen LogP contribution >= 0.6 is 11.3 Å². The molecule has 3 rings (SSSR count). The predicted molar refractivity (Wildman–Crippen MR) is 95.0 cm³/mol. The highest BCUT2D eigenvalue weighted by Crippen LogP contribution is 2.23. The minimum absolute atomic E-state index is 0.0135. The fourth-order valence-electron chi connectivity index (χ4n) is 3.77. The van der Waals surface area contributed by atoms with E-state index in [4.69, 9.17) is 0 Å². The van der Waals surface area contributed by atoms with Gasteiger partial charge >= 0.3 is 0 Å². The van der Waals surface area contributed by atoms with Crippen molar-refractivity contribution in [3.05, 3.63) is 11.6 Å². The number of amides is 1. The quantitative estimate of drug-likeness (QED) is 0.847. The van der Waals surface area contributed by atoms with Crippen molar-refractivity contribution in [3.63, 3.8) is 0 Å². The van der Waals surface area contributed by atoms with Gasteiger partial charge in [-0.25, -0.2) is 4.98 Å². The number of hydrogen-bond acceptors (Lipinski definition) is 5. The Morgan fingerprint density at radius 2 is 1.96 bits per heavy atom. The second kappa shape index (κ2) is 7.62. The minimum Gasteiger partial charge on any atom is -0.346 e. The Kier molecular flexibility index (Phi) is 5.54. The molecule has 1 amide bonds. The first-order valence-corrected chi connectivity index (χ1v) is 9.70. The van der Waals surface area contributed by atoms with Gasteiger partial charge in [0.2, 0.25) is 5.91 Å². The van der Waals surface area contributed by atoms with Crippen LogP contribution in [0, 0.1) is 0 Å². The van der Waals surface area contributed by atoms with Crippen molar-refractivity contribution in [1.29, 1.82) is 0 Å². The Balaban J connectivity index is 1.52. The van der Waals surface area contributed by atoms with Crippen LogP contribution in [0.2, 0.25) is 0 Å². The molecule has 128 valence electrons. The number of thiazole rings is 1. The molecule has 2 aliphatic rings. The minimum atomic E-state index is -0.0135. The third-order valence-corrected chi connectivity index (χ3v) is 6.21. The summed E-state index contributed by atoms with van der Waals surface area (Å²) in [6.45, 7) is 5.85. The smallest absolute Gasteiger partial charge is 0.239 e. The third kappa shape index (κ3) is 3.86. The first-order valence-electron chi connectivity index (χ1n) is 8.82. The van der Waals surface area contributed by atoms with Gasteiger partial charge < -0.3 is 9.80 Å². The number of carbonyl (C=O) groups excluding carboxylic acids is 1. The van der Waals surface area contributed by atoms with Crippen molar-refractivity contribution in [2.24, 2.45) is 0 Å². The van der Waals surface area contributed by atoms with Crippen LogP contribution in [0.15, 0.2) is 11.6 Å². The first kappa shape index (κ1) is 16.7. The standard InChI is InChI=1S/C17H28N4OS/c1-14(16(22)19(2)15-6-4-3-5-7-15)20-9-11-21(12-10-20)17-18-8-13-23-17/h8,13-15H,3-7,9-12H2,1-2H3. The number of aromatic nitrogens is 1. The van der Waals surface area contributed by atoms with E-state index in [1.807, 2.05) is 23.5 Å². The monoisotopic (exact) mass is 336 g/mol. The Labute approximate surface area is 143 Å². The summed E-state index contributed by atoms with van der Waals surface area (Å²) in [6, 6.07) is 0.440. The van der Waals surface area contributed by atoms with Gasteiger partial charge in [-0.2, -0.15) is 0 Å². The van der Waals surface area contributed by atoms with Gasteiger partial charge in [0.15, 0.2) is 5.13 Å². The molecular formula is C17H28N4OS. The molecule has 0 N–H and O–H groups in total. The summed E-state index contributed by atoms with van der Waals surface area (Å²) in [5, 5.41) is 3.12. The van der Waals surface area contributed by atoms with Crippen molar-refractivity contribution in [2.75, 3.05) is 38.1 Å². The van der Waals surface area contributed by atoms with Gasteiger partial charge in [0.05, 0.1) is 6.04 Å². The van der Waals surface area contributed by atoms with E-state index in [1.54, 1.807) is 11.3 Å². The second-order valence-electron chi connectivity index (χ2n) is 6.75. The highest BCUT2D eigenvalue weighted by atomic mass is 32.1. The molecule has 0 spiro atoms. The van der Waals surface area contributed by atoms with Crippen LogP contribution in [-0.2, 0) is 4.79 Å². The molecule has 1 aliphatic carbocycles. The molecule has 1 unspecified atom stereocenters. The zero-order chi connectivity index (χ0) is 16.2. The summed E-state index contributed by atoms with van der Waals surface area (Å²) in [5.41, 5.74) is 0. The molecule has 6 heteroatoms. The fraction of sp³-hybridized carbons (Fsp3) is 0.765. The molecule has 5 nitrogen and oxygen atoms in total. The van der Waals surface area contributed by atoms with Crippen molar-refractivity contribution in [1.82, 2.24) is 14.8 Å². The number of nitrogens with zero attached hydrogens (tertiary/aromatic N) is 4. The van der Waals surface area contributed by atoms with Crippen LogP contribution in [0.5, 0.6) is 0 Å². The highest BCUT2D eigenvalue weighted by molar-refractivity contribution is 7.13. The largest absolute Gasteiger partial charge is 0.346 e. The Morgan fingerprint density at radius 1 is 1.26 bits per heavy atom. The normalized spacial score (nSPS) is 22.1. The number of rotatable bonds is 4. The summed E-state index contributed by atoms with van der Waals surface area (Å²) in [7, 11) is 2.00. The number of carbonyl (C=O) groups is 1. The highest BCUT2D eigenvalue weighted by Gasteiger charge is 2.31. The van der Waals surface area contributed by atoms with Crippen LogP contribution in [0.1, 0.15) is 39.0 Å². The molecule has 2 heterocycles. The Hall–Kier alpha value is -1.14. The molecule has 1 saturated carbocycles. The molecule has 0 radical (unpaired) electrons. The topological polar surface area (TPSA) is 39.7 Å². The number of piperazine rings is 1. The predicted octanol–water partition coefficient (Wildman–Crippen LogP) is 2.44. The van der Waals surface area contributed by atoms with Gasteiger partial charge in [0.1, 0.15) is 0 Å². The van der Waals surface area contributed by atoms with Gasteiger partial charge in [-0.3, -0.25) is 9.69 Å². The van der Waals surface area contributed by atoms with E-state index >= 15 is 0 Å². The molecule has 1 aliphatic heterocycles. The molecule has 0 bridgehead atoms. The average molecular weight is 337 g/mol. The van der Waals surface area contributed by atoms with Crippen LogP contribution in [0.25, 0.3) is 0 Å². The van der Waals surface area contributed by atoms with Gasteiger partial charge in [-0.15, -0.1) is 11.3 Å². The summed E-state index contributed by atoms with van der Waals surface area (Å²) >= 11 is 1.69. The lowest BCUT2D eigenvalue weighted by Crippen LogP contribution is -2.55. The molecule has 1 aromatic heterocycles. The lowest BCUT2D eigenvalue weighted by Gasteiger charge is -2.40. The molecule has 2 fully saturated rings. The number of anilines is 1. The van der Waals surface area contributed by atoms with Gasteiger partial charge in [0.25, 0.3) is 0 Å². The Bertz CT molecular complexity index is 493. The molecule has 1 aromatic rings. The van der Waals surface area contributed by atoms with Crippen molar-refractivity contribution in [3.8, 4) is 0 Å². The van der Waals surface area contributed by atoms with Crippen LogP contribution in [-0.4, -0.2) is 66.0 Å². The van der Waals surface area contributed by atoms with Gasteiger partial charge in [-0.1, -0.05) is 19.3 Å². The molecule has 1 saturated heterocycles. The van der Waals surface area contributed by atoms with E-state index in [2.05, 4.69) is 21.7 Å². The van der Waals surface area contributed by atoms with Crippen molar-refractivity contribution < 1.29 is 4.79 Å². The SMILES string of the molecule is CC(C(=O)N(C)C1CCCCC1)N1CCN(c2nccs2)CC1. The van der Waals surface area contributed by atoms with E-state index in [9.17, 15) is 4.79 Å². The molecular weight excluding hydrogens is 308 g/mol. The van der Waals surface area contributed by atoms with E-state index in [0.29, 0.717) is 11.9 Å².